The monoisotopic (exact) mass is 144 g/mol. The Hall–Kier alpha value is -0.153. The molecule has 1 unspecified atom stereocenters. The van der Waals surface area contributed by atoms with Crippen LogP contribution >= 0.6 is 0 Å². The van der Waals surface area contributed by atoms with Crippen LogP contribution in [0.15, 0.2) is 0 Å². The smallest absolute Gasteiger partial charge is 0.130 e. The highest BCUT2D eigenvalue weighted by molar-refractivity contribution is 6.67. The van der Waals surface area contributed by atoms with E-state index in [0.717, 1.165) is 18.9 Å². The zero-order valence-electron chi connectivity index (χ0n) is 5.51. The molecule has 0 saturated carbocycles. The standard InChI is InChI=1S/C6H12O2Si/c7-5-9-6-3-1-2-4-8-6/h5-6H,1-4,9H2. The summed E-state index contributed by atoms with van der Waals surface area (Å²) in [5.41, 5.74) is 0.372. The van der Waals surface area contributed by atoms with Gasteiger partial charge in [-0.15, -0.1) is 0 Å². The molecule has 0 aromatic carbocycles. The number of carbonyl (C=O) groups excluding carboxylic acids is 1. The first-order chi connectivity index (χ1) is 4.43. The van der Waals surface area contributed by atoms with Gasteiger partial charge in [0.2, 0.25) is 0 Å². The minimum atomic E-state index is -0.527. The molecule has 52 valence electrons. The van der Waals surface area contributed by atoms with Crippen LogP contribution < -0.4 is 0 Å². The molecule has 0 N–H and O–H groups in total. The topological polar surface area (TPSA) is 26.3 Å². The summed E-state index contributed by atoms with van der Waals surface area (Å²) in [6.07, 6.45) is 3.57. The lowest BCUT2D eigenvalue weighted by Crippen LogP contribution is -2.26. The molecule has 1 saturated heterocycles. The lowest BCUT2D eigenvalue weighted by atomic mass is 10.2. The summed E-state index contributed by atoms with van der Waals surface area (Å²) in [7, 11) is -0.527. The van der Waals surface area contributed by atoms with Gasteiger partial charge in [-0.25, -0.2) is 0 Å². The SMILES string of the molecule is O=C[SiH2]C1CCCCO1. The van der Waals surface area contributed by atoms with E-state index in [1.165, 1.54) is 12.8 Å². The molecule has 0 aromatic rings. The second kappa shape index (κ2) is 3.79. The molecule has 0 amide bonds. The van der Waals surface area contributed by atoms with E-state index in [4.69, 9.17) is 4.74 Å². The van der Waals surface area contributed by atoms with Gasteiger partial charge in [-0.3, -0.25) is 0 Å². The predicted molar refractivity (Wildman–Crippen MR) is 38.9 cm³/mol. The fraction of sp³-hybridized carbons (Fsp3) is 0.833. The second-order valence-electron chi connectivity index (χ2n) is 2.39. The van der Waals surface area contributed by atoms with Crippen molar-refractivity contribution in [3.63, 3.8) is 0 Å². The third-order valence-corrected chi connectivity index (χ3v) is 3.00. The summed E-state index contributed by atoms with van der Waals surface area (Å²) in [4.78, 5) is 10.1. The Morgan fingerprint density at radius 1 is 1.56 bits per heavy atom. The zero-order chi connectivity index (χ0) is 6.53. The largest absolute Gasteiger partial charge is 0.382 e. The van der Waals surface area contributed by atoms with Gasteiger partial charge in [-0.2, -0.15) is 0 Å². The minimum absolute atomic E-state index is 0.372. The van der Waals surface area contributed by atoms with Gasteiger partial charge in [0.05, 0.1) is 11.6 Å². The quantitative estimate of drug-likeness (QED) is 0.399. The van der Waals surface area contributed by atoms with Crippen LogP contribution in [0.4, 0.5) is 0 Å². The van der Waals surface area contributed by atoms with Crippen molar-refractivity contribution in [2.45, 2.75) is 25.0 Å². The Labute approximate surface area is 57.4 Å². The molecule has 2 nitrogen and oxygen atoms in total. The summed E-state index contributed by atoms with van der Waals surface area (Å²) < 4.78 is 5.35. The Bertz CT molecular complexity index is 89.1. The molecular formula is C6H12O2Si. The normalized spacial score (nSPS) is 29.1. The van der Waals surface area contributed by atoms with E-state index in [2.05, 4.69) is 0 Å². The molecule has 0 spiro atoms. The molecule has 0 radical (unpaired) electrons. The summed E-state index contributed by atoms with van der Waals surface area (Å²) in [6, 6.07) is 0. The summed E-state index contributed by atoms with van der Waals surface area (Å²) >= 11 is 0. The first-order valence-corrected chi connectivity index (χ1v) is 5.12. The van der Waals surface area contributed by atoms with E-state index in [1.54, 1.807) is 0 Å². The molecule has 1 atom stereocenters. The first kappa shape index (κ1) is 6.96. The number of hydrogen-bond acceptors (Lipinski definition) is 2. The summed E-state index contributed by atoms with van der Waals surface area (Å²) in [6.45, 7) is 0.880. The highest BCUT2D eigenvalue weighted by atomic mass is 28.2. The maximum Gasteiger partial charge on any atom is 0.130 e. The molecule has 0 aromatic heterocycles. The van der Waals surface area contributed by atoms with Gasteiger partial charge in [0.25, 0.3) is 0 Å². The average molecular weight is 144 g/mol. The lowest BCUT2D eigenvalue weighted by molar-refractivity contribution is 0.0663. The fourth-order valence-electron chi connectivity index (χ4n) is 1.10. The van der Waals surface area contributed by atoms with Gasteiger partial charge in [-0.1, -0.05) is 0 Å². The van der Waals surface area contributed by atoms with Crippen molar-refractivity contribution in [1.29, 1.82) is 0 Å². The molecule has 1 heterocycles. The Kier molecular flexibility index (Phi) is 2.93. The highest BCUT2D eigenvalue weighted by Crippen LogP contribution is 2.10. The van der Waals surface area contributed by atoms with Crippen molar-refractivity contribution in [3.8, 4) is 0 Å². The van der Waals surface area contributed by atoms with Crippen LogP contribution in [0.5, 0.6) is 0 Å². The van der Waals surface area contributed by atoms with Gasteiger partial charge in [-0.05, 0) is 19.3 Å². The van der Waals surface area contributed by atoms with E-state index >= 15 is 0 Å². The van der Waals surface area contributed by atoms with Crippen molar-refractivity contribution in [3.05, 3.63) is 0 Å². The molecule has 0 aliphatic carbocycles. The Morgan fingerprint density at radius 2 is 2.44 bits per heavy atom. The van der Waals surface area contributed by atoms with Gasteiger partial charge in [0, 0.05) is 6.61 Å². The molecule has 0 bridgehead atoms. The highest BCUT2D eigenvalue weighted by Gasteiger charge is 2.12. The van der Waals surface area contributed by atoms with Crippen LogP contribution in [0.2, 0.25) is 0 Å². The number of hydrogen-bond donors (Lipinski definition) is 0. The summed E-state index contributed by atoms with van der Waals surface area (Å²) in [5.74, 6) is 1.08. The van der Waals surface area contributed by atoms with Crippen LogP contribution in [0.3, 0.4) is 0 Å². The second-order valence-corrected chi connectivity index (χ2v) is 4.11. The van der Waals surface area contributed by atoms with Crippen molar-refractivity contribution < 1.29 is 9.53 Å². The number of rotatable bonds is 2. The predicted octanol–water partition coefficient (Wildman–Crippen LogP) is -0.128. The van der Waals surface area contributed by atoms with Crippen molar-refractivity contribution in [2.24, 2.45) is 0 Å². The van der Waals surface area contributed by atoms with E-state index in [0.29, 0.717) is 5.73 Å². The van der Waals surface area contributed by atoms with Crippen LogP contribution in [-0.2, 0) is 9.53 Å². The molecular weight excluding hydrogens is 132 g/mol. The minimum Gasteiger partial charge on any atom is -0.382 e. The molecule has 3 heteroatoms. The van der Waals surface area contributed by atoms with E-state index in [1.807, 2.05) is 0 Å². The van der Waals surface area contributed by atoms with Gasteiger partial charge in [0.1, 0.15) is 9.52 Å². The molecule has 1 fully saturated rings. The Morgan fingerprint density at radius 3 is 3.00 bits per heavy atom. The maximum atomic E-state index is 10.1. The maximum absolute atomic E-state index is 10.1. The molecule has 1 rings (SSSR count). The van der Waals surface area contributed by atoms with E-state index < -0.39 is 9.52 Å². The van der Waals surface area contributed by atoms with Crippen LogP contribution in [0.1, 0.15) is 19.3 Å². The lowest BCUT2D eigenvalue weighted by Gasteiger charge is -2.19. The van der Waals surface area contributed by atoms with Crippen LogP contribution in [-0.4, -0.2) is 27.8 Å². The van der Waals surface area contributed by atoms with E-state index in [9.17, 15) is 4.79 Å². The average Bonchev–Trinajstić information content (AvgIpc) is 1.91. The van der Waals surface area contributed by atoms with Gasteiger partial charge >= 0.3 is 0 Å². The molecule has 1 aliphatic heterocycles. The zero-order valence-corrected chi connectivity index (χ0v) is 6.92. The van der Waals surface area contributed by atoms with Crippen molar-refractivity contribution >= 4 is 15.4 Å². The molecule has 9 heavy (non-hydrogen) atoms. The van der Waals surface area contributed by atoms with E-state index in [-0.39, 0.29) is 0 Å². The van der Waals surface area contributed by atoms with Gasteiger partial charge < -0.3 is 9.53 Å². The van der Waals surface area contributed by atoms with Gasteiger partial charge in [0.15, 0.2) is 0 Å². The Balaban J connectivity index is 2.15. The molecule has 1 aliphatic rings. The van der Waals surface area contributed by atoms with Crippen LogP contribution in [0.25, 0.3) is 0 Å². The third-order valence-electron chi connectivity index (χ3n) is 1.63. The first-order valence-electron chi connectivity index (χ1n) is 3.48. The number of ether oxygens (including phenoxy) is 1. The third kappa shape index (κ3) is 2.28. The van der Waals surface area contributed by atoms with Crippen molar-refractivity contribution in [2.75, 3.05) is 6.61 Å². The fourth-order valence-corrected chi connectivity index (χ4v) is 2.14. The van der Waals surface area contributed by atoms with Crippen molar-refractivity contribution in [1.82, 2.24) is 0 Å². The number of carbonyl (C=O) groups is 1. The van der Waals surface area contributed by atoms with Crippen LogP contribution in [0, 0.1) is 0 Å². The summed E-state index contributed by atoms with van der Waals surface area (Å²) in [5, 5.41) is 0.